The molecule has 82 valence electrons. The van der Waals surface area contributed by atoms with Crippen LogP contribution in [-0.4, -0.2) is 18.8 Å². The van der Waals surface area contributed by atoms with Gasteiger partial charge in [0, 0.05) is 11.1 Å². The summed E-state index contributed by atoms with van der Waals surface area (Å²) in [4.78, 5) is 0. The molecule has 1 aromatic carbocycles. The summed E-state index contributed by atoms with van der Waals surface area (Å²) in [7, 11) is 0. The Morgan fingerprint density at radius 2 is 1.93 bits per heavy atom. The van der Waals surface area contributed by atoms with Crippen LogP contribution in [-0.2, 0) is 4.74 Å². The normalized spacial score (nSPS) is 21.7. The first-order valence-electron chi connectivity index (χ1n) is 5.30. The van der Waals surface area contributed by atoms with E-state index in [9.17, 15) is 0 Å². The van der Waals surface area contributed by atoms with Crippen molar-refractivity contribution < 1.29 is 4.74 Å². The maximum Gasteiger partial charge on any atom is 0.100 e. The number of hydrogen-bond acceptors (Lipinski definition) is 2. The molecule has 2 unspecified atom stereocenters. The maximum atomic E-state index is 5.87. The number of hydrogen-bond donors (Lipinski definition) is 1. The molecule has 0 spiro atoms. The maximum absolute atomic E-state index is 5.87. The molecule has 1 aromatic rings. The zero-order valence-electron chi connectivity index (χ0n) is 9.03. The summed E-state index contributed by atoms with van der Waals surface area (Å²) in [6, 6.07) is 8.72. The van der Waals surface area contributed by atoms with Crippen LogP contribution in [0.25, 0.3) is 0 Å². The van der Waals surface area contributed by atoms with Crippen molar-refractivity contribution in [3.63, 3.8) is 0 Å². The predicted octanol–water partition coefficient (Wildman–Crippen LogP) is 2.78. The monoisotopic (exact) mass is 225 g/mol. The molecule has 2 nitrogen and oxygen atoms in total. The van der Waals surface area contributed by atoms with E-state index in [2.05, 4.69) is 31.3 Å². The van der Waals surface area contributed by atoms with Crippen LogP contribution >= 0.6 is 11.6 Å². The van der Waals surface area contributed by atoms with Gasteiger partial charge in [0.2, 0.25) is 0 Å². The zero-order chi connectivity index (χ0) is 10.8. The third-order valence-corrected chi connectivity index (χ3v) is 2.72. The SMILES string of the molecule is CC(C)NC(c1ccc(Cl)cc1)C1CO1. The van der Waals surface area contributed by atoms with Crippen LogP contribution in [0.5, 0.6) is 0 Å². The van der Waals surface area contributed by atoms with Gasteiger partial charge in [0.15, 0.2) is 0 Å². The van der Waals surface area contributed by atoms with E-state index in [0.29, 0.717) is 18.2 Å². The molecule has 2 rings (SSSR count). The lowest BCUT2D eigenvalue weighted by Gasteiger charge is -2.19. The fourth-order valence-corrected chi connectivity index (χ4v) is 1.82. The first-order chi connectivity index (χ1) is 7.16. The van der Waals surface area contributed by atoms with Crippen LogP contribution < -0.4 is 5.32 Å². The van der Waals surface area contributed by atoms with E-state index in [4.69, 9.17) is 16.3 Å². The van der Waals surface area contributed by atoms with Gasteiger partial charge < -0.3 is 10.1 Å². The van der Waals surface area contributed by atoms with Crippen molar-refractivity contribution in [2.75, 3.05) is 6.61 Å². The fourth-order valence-electron chi connectivity index (χ4n) is 1.70. The van der Waals surface area contributed by atoms with E-state index < -0.39 is 0 Å². The zero-order valence-corrected chi connectivity index (χ0v) is 9.79. The second-order valence-corrected chi connectivity index (χ2v) is 4.66. The second kappa shape index (κ2) is 4.52. The largest absolute Gasteiger partial charge is 0.371 e. The van der Waals surface area contributed by atoms with Gasteiger partial charge in [-0.1, -0.05) is 37.6 Å². The van der Waals surface area contributed by atoms with E-state index in [-0.39, 0.29) is 0 Å². The Bertz CT molecular complexity index is 319. The van der Waals surface area contributed by atoms with E-state index in [0.717, 1.165) is 11.6 Å². The summed E-state index contributed by atoms with van der Waals surface area (Å²) in [5.41, 5.74) is 1.25. The molecule has 0 bridgehead atoms. The molecule has 0 amide bonds. The number of rotatable bonds is 4. The Balaban J connectivity index is 2.13. The van der Waals surface area contributed by atoms with Crippen molar-refractivity contribution in [3.05, 3.63) is 34.9 Å². The Morgan fingerprint density at radius 1 is 1.33 bits per heavy atom. The summed E-state index contributed by atoms with van der Waals surface area (Å²) >= 11 is 5.87. The van der Waals surface area contributed by atoms with E-state index >= 15 is 0 Å². The smallest absolute Gasteiger partial charge is 0.100 e. The van der Waals surface area contributed by atoms with Crippen LogP contribution in [0.1, 0.15) is 25.5 Å². The van der Waals surface area contributed by atoms with Gasteiger partial charge in [-0.25, -0.2) is 0 Å². The van der Waals surface area contributed by atoms with Gasteiger partial charge in [-0.05, 0) is 17.7 Å². The molecule has 0 aliphatic carbocycles. The van der Waals surface area contributed by atoms with E-state index in [1.165, 1.54) is 5.56 Å². The summed E-state index contributed by atoms with van der Waals surface area (Å²) in [6.45, 7) is 5.14. The Labute approximate surface area is 95.6 Å². The van der Waals surface area contributed by atoms with Crippen molar-refractivity contribution in [2.24, 2.45) is 0 Å². The molecule has 1 N–H and O–H groups in total. The Kier molecular flexibility index (Phi) is 3.29. The highest BCUT2D eigenvalue weighted by molar-refractivity contribution is 6.30. The van der Waals surface area contributed by atoms with Gasteiger partial charge in [-0.3, -0.25) is 0 Å². The highest BCUT2D eigenvalue weighted by Gasteiger charge is 2.33. The quantitative estimate of drug-likeness (QED) is 0.797. The highest BCUT2D eigenvalue weighted by atomic mass is 35.5. The summed E-state index contributed by atoms with van der Waals surface area (Å²) < 4.78 is 5.36. The lowest BCUT2D eigenvalue weighted by Crippen LogP contribution is -2.31. The molecule has 1 aliphatic heterocycles. The summed E-state index contributed by atoms with van der Waals surface area (Å²) in [5, 5.41) is 4.29. The molecule has 0 radical (unpaired) electrons. The van der Waals surface area contributed by atoms with Crippen molar-refractivity contribution in [2.45, 2.75) is 32.0 Å². The van der Waals surface area contributed by atoms with Gasteiger partial charge in [0.1, 0.15) is 6.10 Å². The molecule has 3 heteroatoms. The highest BCUT2D eigenvalue weighted by Crippen LogP contribution is 2.28. The minimum Gasteiger partial charge on any atom is -0.371 e. The van der Waals surface area contributed by atoms with Crippen LogP contribution in [0, 0.1) is 0 Å². The molecule has 2 atom stereocenters. The molecule has 1 saturated heterocycles. The number of epoxide rings is 1. The fraction of sp³-hybridized carbons (Fsp3) is 0.500. The summed E-state index contributed by atoms with van der Waals surface area (Å²) in [6.07, 6.45) is 0.327. The predicted molar refractivity (Wildman–Crippen MR) is 62.2 cm³/mol. The van der Waals surface area contributed by atoms with Gasteiger partial charge in [-0.15, -0.1) is 0 Å². The Morgan fingerprint density at radius 3 is 2.40 bits per heavy atom. The minimum atomic E-state index is 0.294. The topological polar surface area (TPSA) is 24.6 Å². The van der Waals surface area contributed by atoms with Crippen molar-refractivity contribution in [1.82, 2.24) is 5.32 Å². The number of benzene rings is 1. The van der Waals surface area contributed by atoms with Gasteiger partial charge in [0.25, 0.3) is 0 Å². The molecular weight excluding hydrogens is 210 g/mol. The van der Waals surface area contributed by atoms with Crippen LogP contribution in [0.4, 0.5) is 0 Å². The van der Waals surface area contributed by atoms with Crippen molar-refractivity contribution >= 4 is 11.6 Å². The van der Waals surface area contributed by atoms with Crippen LogP contribution in [0.2, 0.25) is 5.02 Å². The molecule has 1 aliphatic rings. The lowest BCUT2D eigenvalue weighted by atomic mass is 10.0. The van der Waals surface area contributed by atoms with Gasteiger partial charge >= 0.3 is 0 Å². The number of halogens is 1. The van der Waals surface area contributed by atoms with Crippen molar-refractivity contribution in [3.8, 4) is 0 Å². The van der Waals surface area contributed by atoms with E-state index in [1.807, 2.05) is 12.1 Å². The average Bonchev–Trinajstić information content (AvgIpc) is 2.99. The lowest BCUT2D eigenvalue weighted by molar-refractivity contribution is 0.331. The first kappa shape index (κ1) is 10.9. The Hall–Kier alpha value is -0.570. The average molecular weight is 226 g/mol. The van der Waals surface area contributed by atoms with Crippen molar-refractivity contribution in [1.29, 1.82) is 0 Å². The van der Waals surface area contributed by atoms with Gasteiger partial charge in [0.05, 0.1) is 12.6 Å². The minimum absolute atomic E-state index is 0.294. The first-order valence-corrected chi connectivity index (χ1v) is 5.67. The third kappa shape index (κ3) is 2.94. The van der Waals surface area contributed by atoms with Crippen LogP contribution in [0.3, 0.4) is 0 Å². The third-order valence-electron chi connectivity index (χ3n) is 2.47. The summed E-state index contributed by atoms with van der Waals surface area (Å²) in [5.74, 6) is 0. The molecule has 15 heavy (non-hydrogen) atoms. The number of nitrogens with one attached hydrogen (secondary N) is 1. The van der Waals surface area contributed by atoms with Crippen LogP contribution in [0.15, 0.2) is 24.3 Å². The van der Waals surface area contributed by atoms with E-state index in [1.54, 1.807) is 0 Å². The molecule has 0 aromatic heterocycles. The molecule has 1 fully saturated rings. The second-order valence-electron chi connectivity index (χ2n) is 4.22. The number of ether oxygens (including phenoxy) is 1. The molecule has 0 saturated carbocycles. The molecule has 1 heterocycles. The standard InChI is InChI=1S/C12H16ClNO/c1-8(2)14-12(11-7-15-11)9-3-5-10(13)6-4-9/h3-6,8,11-12,14H,7H2,1-2H3. The molecular formula is C12H16ClNO. The van der Waals surface area contributed by atoms with Gasteiger partial charge in [-0.2, -0.15) is 0 Å².